The molecular formula is C31H35N3O3S. The van der Waals surface area contributed by atoms with Crippen molar-refractivity contribution in [2.75, 3.05) is 24.5 Å². The first-order valence-corrected chi connectivity index (χ1v) is 14.5. The molecule has 0 radical (unpaired) electrons. The smallest absolute Gasteiger partial charge is 0.259 e. The minimum absolute atomic E-state index is 0.191. The van der Waals surface area contributed by atoms with E-state index >= 15 is 0 Å². The maximum Gasteiger partial charge on any atom is 0.259 e. The summed E-state index contributed by atoms with van der Waals surface area (Å²) in [5.74, 6) is -0.408. The number of rotatable bonds is 6. The summed E-state index contributed by atoms with van der Waals surface area (Å²) in [6.45, 7) is 9.06. The molecule has 5 rings (SSSR count). The molecule has 7 heteroatoms. The lowest BCUT2D eigenvalue weighted by Crippen LogP contribution is -2.42. The lowest BCUT2D eigenvalue weighted by Gasteiger charge is -2.33. The third kappa shape index (κ3) is 5.31. The van der Waals surface area contributed by atoms with Gasteiger partial charge in [-0.1, -0.05) is 42.3 Å². The van der Waals surface area contributed by atoms with Crippen LogP contribution in [0.2, 0.25) is 0 Å². The van der Waals surface area contributed by atoms with Gasteiger partial charge >= 0.3 is 0 Å². The Kier molecular flexibility index (Phi) is 7.77. The van der Waals surface area contributed by atoms with Crippen LogP contribution in [0.4, 0.5) is 5.69 Å². The average Bonchev–Trinajstić information content (AvgIpc) is 3.01. The molecular weight excluding hydrogens is 494 g/mol. The maximum absolute atomic E-state index is 13.9. The van der Waals surface area contributed by atoms with E-state index in [4.69, 9.17) is 0 Å². The monoisotopic (exact) mass is 529 g/mol. The van der Waals surface area contributed by atoms with Crippen LogP contribution in [0.1, 0.15) is 63.6 Å². The van der Waals surface area contributed by atoms with Gasteiger partial charge in [0.15, 0.2) is 0 Å². The highest BCUT2D eigenvalue weighted by molar-refractivity contribution is 7.85. The molecule has 1 fully saturated rings. The number of hydrogen-bond donors (Lipinski definition) is 1. The minimum atomic E-state index is -1.55. The fourth-order valence-corrected chi connectivity index (χ4v) is 6.75. The van der Waals surface area contributed by atoms with Crippen LogP contribution in [0, 0.1) is 13.8 Å². The molecule has 0 spiro atoms. The summed E-state index contributed by atoms with van der Waals surface area (Å²) >= 11 is 0. The third-order valence-corrected chi connectivity index (χ3v) is 9.23. The van der Waals surface area contributed by atoms with Gasteiger partial charge < -0.3 is 10.2 Å². The summed E-state index contributed by atoms with van der Waals surface area (Å²) in [5, 5.41) is 3.05. The highest BCUT2D eigenvalue weighted by Crippen LogP contribution is 2.36. The molecule has 2 atom stereocenters. The van der Waals surface area contributed by atoms with Crippen molar-refractivity contribution in [2.45, 2.75) is 62.4 Å². The molecule has 2 aliphatic rings. The fraction of sp³-hybridized carbons (Fsp3) is 0.355. The molecule has 1 N–H and O–H groups in total. The number of carbonyl (C=O) groups excluding carboxylic acids is 2. The van der Waals surface area contributed by atoms with Gasteiger partial charge in [0.1, 0.15) is 0 Å². The zero-order valence-corrected chi connectivity index (χ0v) is 23.1. The number of likely N-dealkylation sites (tertiary alicyclic amines) is 1. The van der Waals surface area contributed by atoms with Gasteiger partial charge in [-0.05, 0) is 81.6 Å². The molecule has 198 valence electrons. The van der Waals surface area contributed by atoms with Gasteiger partial charge in [0.2, 0.25) is 0 Å². The average molecular weight is 530 g/mol. The van der Waals surface area contributed by atoms with Crippen LogP contribution in [-0.2, 0) is 17.3 Å². The summed E-state index contributed by atoms with van der Waals surface area (Å²) in [4.78, 5) is 32.2. The van der Waals surface area contributed by atoms with Gasteiger partial charge in [-0.15, -0.1) is 0 Å². The zero-order valence-electron chi connectivity index (χ0n) is 22.3. The number of nitrogens with zero attached hydrogens (tertiary/aromatic N) is 2. The Bertz CT molecular complexity index is 1400. The van der Waals surface area contributed by atoms with Gasteiger partial charge in [-0.25, -0.2) is 4.21 Å². The number of benzene rings is 3. The van der Waals surface area contributed by atoms with E-state index < -0.39 is 10.8 Å². The Labute approximate surface area is 227 Å². The topological polar surface area (TPSA) is 69.7 Å². The van der Waals surface area contributed by atoms with Crippen LogP contribution in [0.25, 0.3) is 0 Å². The predicted octanol–water partition coefficient (Wildman–Crippen LogP) is 5.23. The second-order valence-corrected chi connectivity index (χ2v) is 11.8. The van der Waals surface area contributed by atoms with Crippen molar-refractivity contribution in [1.82, 2.24) is 10.2 Å². The number of nitrogens with one attached hydrogen (secondary N) is 1. The maximum atomic E-state index is 13.9. The summed E-state index contributed by atoms with van der Waals surface area (Å²) in [5.41, 5.74) is 4.59. The number of carbonyl (C=O) groups is 2. The molecule has 0 saturated carbocycles. The van der Waals surface area contributed by atoms with Crippen molar-refractivity contribution in [2.24, 2.45) is 0 Å². The summed E-state index contributed by atoms with van der Waals surface area (Å²) in [6.07, 6.45) is 3.66. The van der Waals surface area contributed by atoms with Crippen LogP contribution in [0.3, 0.4) is 0 Å². The Hall–Kier alpha value is -3.29. The number of anilines is 1. The van der Waals surface area contributed by atoms with Crippen molar-refractivity contribution in [3.8, 4) is 0 Å². The van der Waals surface area contributed by atoms with E-state index in [1.165, 1.54) is 19.3 Å². The molecule has 2 amide bonds. The van der Waals surface area contributed by atoms with E-state index in [9.17, 15) is 13.8 Å². The van der Waals surface area contributed by atoms with E-state index in [1.807, 2.05) is 19.9 Å². The van der Waals surface area contributed by atoms with Gasteiger partial charge in [-0.2, -0.15) is 0 Å². The molecule has 6 nitrogen and oxygen atoms in total. The molecule has 0 aromatic heterocycles. The van der Waals surface area contributed by atoms with Crippen molar-refractivity contribution in [1.29, 1.82) is 0 Å². The van der Waals surface area contributed by atoms with Crippen LogP contribution in [0.15, 0.2) is 70.5 Å². The first-order valence-electron chi connectivity index (χ1n) is 13.4. The summed E-state index contributed by atoms with van der Waals surface area (Å²) in [7, 11) is -1.55. The van der Waals surface area contributed by atoms with Gasteiger partial charge in [0, 0.05) is 24.7 Å². The Balaban J connectivity index is 1.47. The lowest BCUT2D eigenvalue weighted by atomic mass is 10.0. The molecule has 3 aromatic carbocycles. The van der Waals surface area contributed by atoms with E-state index in [0.717, 1.165) is 29.8 Å². The molecule has 38 heavy (non-hydrogen) atoms. The van der Waals surface area contributed by atoms with Crippen molar-refractivity contribution >= 4 is 28.3 Å². The first-order chi connectivity index (χ1) is 18.3. The van der Waals surface area contributed by atoms with E-state index in [0.29, 0.717) is 45.7 Å². The Morgan fingerprint density at radius 2 is 1.84 bits per heavy atom. The molecule has 2 heterocycles. The number of aryl methyl sites for hydroxylation is 2. The van der Waals surface area contributed by atoms with Crippen molar-refractivity contribution in [3.05, 3.63) is 88.5 Å². The number of piperidine rings is 1. The lowest BCUT2D eigenvalue weighted by molar-refractivity contribution is 0.0936. The van der Waals surface area contributed by atoms with E-state index in [1.54, 1.807) is 47.4 Å². The normalized spacial score (nSPS) is 19.4. The van der Waals surface area contributed by atoms with Crippen LogP contribution in [0.5, 0.6) is 0 Å². The van der Waals surface area contributed by atoms with E-state index in [2.05, 4.69) is 29.3 Å². The number of amides is 2. The quantitative estimate of drug-likeness (QED) is 0.475. The largest absolute Gasteiger partial charge is 0.351 e. The standard InChI is InChI=1S/C31H35N3O3S/c1-21-11-12-22(2)25(18-21)20-34-27-19-24(30(35)32-15-17-33-16-7-6-8-23(33)3)13-14-29(27)38(37)28-10-5-4-9-26(28)31(34)36/h4-5,9-14,18-19,23H,6-8,15-17,20H2,1-3H3,(H,32,35)/t23-,38+/m1/s1. The zero-order chi connectivity index (χ0) is 26.8. The Morgan fingerprint density at radius 3 is 2.66 bits per heavy atom. The summed E-state index contributed by atoms with van der Waals surface area (Å²) in [6, 6.07) is 19.0. The Morgan fingerprint density at radius 1 is 1.03 bits per heavy atom. The highest BCUT2D eigenvalue weighted by atomic mass is 32.2. The third-order valence-electron chi connectivity index (χ3n) is 7.73. The SMILES string of the molecule is Cc1ccc(C)c(CN2C(=O)c3ccccc3[S@](=O)c3ccc(C(=O)NCCN4CCCC[C@H]4C)cc32)c1. The number of hydrogen-bond acceptors (Lipinski definition) is 4. The van der Waals surface area contributed by atoms with Gasteiger partial charge in [0.25, 0.3) is 11.8 Å². The second-order valence-electron chi connectivity index (χ2n) is 10.4. The van der Waals surface area contributed by atoms with E-state index in [-0.39, 0.29) is 11.8 Å². The highest BCUT2D eigenvalue weighted by Gasteiger charge is 2.32. The fourth-order valence-electron chi connectivity index (χ4n) is 5.41. The van der Waals surface area contributed by atoms with Crippen LogP contribution >= 0.6 is 0 Å². The van der Waals surface area contributed by atoms with Gasteiger partial charge in [-0.3, -0.25) is 14.5 Å². The predicted molar refractivity (Wildman–Crippen MR) is 151 cm³/mol. The van der Waals surface area contributed by atoms with Crippen LogP contribution < -0.4 is 10.2 Å². The molecule has 1 saturated heterocycles. The molecule has 0 unspecified atom stereocenters. The molecule has 2 aliphatic heterocycles. The minimum Gasteiger partial charge on any atom is -0.351 e. The molecule has 0 bridgehead atoms. The van der Waals surface area contributed by atoms with Crippen molar-refractivity contribution < 1.29 is 13.8 Å². The number of fused-ring (bicyclic) bond motifs is 2. The van der Waals surface area contributed by atoms with Gasteiger partial charge in [0.05, 0.1) is 38.4 Å². The summed E-state index contributed by atoms with van der Waals surface area (Å²) < 4.78 is 13.7. The van der Waals surface area contributed by atoms with Crippen molar-refractivity contribution in [3.63, 3.8) is 0 Å². The second kappa shape index (κ2) is 11.2. The van der Waals surface area contributed by atoms with Crippen LogP contribution in [-0.4, -0.2) is 46.6 Å². The molecule has 0 aliphatic carbocycles. The molecule has 3 aromatic rings. The first kappa shape index (κ1) is 26.3.